The van der Waals surface area contributed by atoms with Crippen LogP contribution in [0.5, 0.6) is 17.2 Å². The number of aromatic hydroxyl groups is 1. The van der Waals surface area contributed by atoms with Crippen LogP contribution in [0.2, 0.25) is 0 Å². The lowest BCUT2D eigenvalue weighted by molar-refractivity contribution is -0.122. The monoisotopic (exact) mass is 461 g/mol. The first-order valence-corrected chi connectivity index (χ1v) is 10.7. The van der Waals surface area contributed by atoms with Gasteiger partial charge in [0.05, 0.1) is 0 Å². The fraction of sp³-hybridized carbons (Fsp3) is 0.0800. The summed E-state index contributed by atoms with van der Waals surface area (Å²) in [6.45, 7) is 3.90. The molecule has 3 aromatic carbocycles. The molecule has 0 fully saturated rings. The van der Waals surface area contributed by atoms with E-state index in [4.69, 9.17) is 4.74 Å². The highest BCUT2D eigenvalue weighted by Crippen LogP contribution is 2.43. The van der Waals surface area contributed by atoms with Crippen molar-refractivity contribution in [3.05, 3.63) is 82.2 Å². The summed E-state index contributed by atoms with van der Waals surface area (Å²) in [5, 5.41) is 13.0. The van der Waals surface area contributed by atoms with Crippen molar-refractivity contribution in [2.45, 2.75) is 13.8 Å². The van der Waals surface area contributed by atoms with Crippen LogP contribution in [0.4, 0.5) is 10.5 Å². The average Bonchev–Trinajstić information content (AvgIpc) is 3.12. The molecule has 7 nitrogen and oxygen atoms in total. The van der Waals surface area contributed by atoms with Gasteiger partial charge in [-0.1, -0.05) is 23.8 Å². The van der Waals surface area contributed by atoms with Crippen molar-refractivity contribution in [2.24, 2.45) is 0 Å². The normalized spacial score (nSPS) is 10.6. The lowest BCUT2D eigenvalue weighted by atomic mass is 10.0. The molecule has 0 radical (unpaired) electrons. The molecule has 0 aliphatic carbocycles. The molecule has 0 atom stereocenters. The summed E-state index contributed by atoms with van der Waals surface area (Å²) < 4.78 is 11.0. The fourth-order valence-corrected chi connectivity index (χ4v) is 4.54. The van der Waals surface area contributed by atoms with Crippen LogP contribution < -0.4 is 10.1 Å². The number of nitrogens with one attached hydrogen (secondary N) is 1. The highest BCUT2D eigenvalue weighted by Gasteiger charge is 2.23. The van der Waals surface area contributed by atoms with Crippen molar-refractivity contribution < 1.29 is 29.0 Å². The number of amides is 1. The molecule has 1 amide bonds. The molecule has 8 heteroatoms. The highest BCUT2D eigenvalue weighted by atomic mass is 32.1. The van der Waals surface area contributed by atoms with Gasteiger partial charge in [0.1, 0.15) is 16.4 Å². The van der Waals surface area contributed by atoms with Crippen molar-refractivity contribution in [1.29, 1.82) is 0 Å². The maximum absolute atomic E-state index is 13.5. The molecule has 166 valence electrons. The second-order valence-corrected chi connectivity index (χ2v) is 8.39. The van der Waals surface area contributed by atoms with Crippen LogP contribution in [0.15, 0.2) is 60.7 Å². The maximum atomic E-state index is 13.5. The number of ether oxygens (including phenoxy) is 2. The van der Waals surface area contributed by atoms with Gasteiger partial charge in [0.25, 0.3) is 0 Å². The molecule has 2 N–H and O–H groups in total. The van der Waals surface area contributed by atoms with E-state index in [1.807, 2.05) is 26.0 Å². The van der Waals surface area contributed by atoms with Gasteiger partial charge in [-0.15, -0.1) is 11.3 Å². The first-order valence-electron chi connectivity index (χ1n) is 9.92. The third kappa shape index (κ3) is 4.70. The molecule has 0 bridgehead atoms. The number of hydrogen-bond donors (Lipinski definition) is 2. The van der Waals surface area contributed by atoms with E-state index in [0.717, 1.165) is 11.1 Å². The van der Waals surface area contributed by atoms with Gasteiger partial charge in [-0.2, -0.15) is 0 Å². The van der Waals surface area contributed by atoms with Crippen molar-refractivity contribution >= 4 is 45.5 Å². The molecule has 0 aliphatic rings. The van der Waals surface area contributed by atoms with Crippen molar-refractivity contribution in [2.75, 3.05) is 5.32 Å². The number of phenolic OH excluding ortho intramolecular Hbond substituents is 1. The molecule has 1 aromatic heterocycles. The third-order valence-corrected chi connectivity index (χ3v) is 6.07. The van der Waals surface area contributed by atoms with E-state index in [0.29, 0.717) is 37.7 Å². The minimum atomic E-state index is -0.899. The van der Waals surface area contributed by atoms with Gasteiger partial charge in [-0.3, -0.25) is 14.9 Å². The van der Waals surface area contributed by atoms with Gasteiger partial charge in [0.15, 0.2) is 5.75 Å². The minimum absolute atomic E-state index is 0.0423. The Morgan fingerprint density at radius 3 is 2.45 bits per heavy atom. The molecule has 0 aliphatic heterocycles. The number of hydrogen-bond acceptors (Lipinski definition) is 7. The van der Waals surface area contributed by atoms with Gasteiger partial charge >= 0.3 is 12.6 Å². The van der Waals surface area contributed by atoms with Crippen LogP contribution >= 0.6 is 11.3 Å². The summed E-state index contributed by atoms with van der Waals surface area (Å²) >= 11 is 1.25. The summed E-state index contributed by atoms with van der Waals surface area (Å²) in [5.74, 6) is 0.754. The zero-order valence-corrected chi connectivity index (χ0v) is 18.6. The Hall–Kier alpha value is -4.17. The molecule has 0 spiro atoms. The second-order valence-electron chi connectivity index (χ2n) is 7.34. The Balaban J connectivity index is 1.71. The Morgan fingerprint density at radius 1 is 1.00 bits per heavy atom. The van der Waals surface area contributed by atoms with E-state index < -0.39 is 6.09 Å². The van der Waals surface area contributed by atoms with E-state index >= 15 is 0 Å². The Labute approximate surface area is 193 Å². The van der Waals surface area contributed by atoms with Crippen LogP contribution in [-0.2, 0) is 9.53 Å². The quantitative estimate of drug-likeness (QED) is 0.209. The molecule has 1 heterocycles. The summed E-state index contributed by atoms with van der Waals surface area (Å²) in [7, 11) is 0. The minimum Gasteiger partial charge on any atom is -0.508 e. The fourth-order valence-electron chi connectivity index (χ4n) is 3.42. The van der Waals surface area contributed by atoms with E-state index in [-0.39, 0.29) is 18.0 Å². The summed E-state index contributed by atoms with van der Waals surface area (Å²) in [5.41, 5.74) is 2.91. The number of rotatable bonds is 6. The Bertz CT molecular complexity index is 1370. The zero-order chi connectivity index (χ0) is 23.5. The topological polar surface area (TPSA) is 102 Å². The van der Waals surface area contributed by atoms with Gasteiger partial charge in [-0.05, 0) is 61.9 Å². The average molecular weight is 461 g/mol. The molecular weight excluding hydrogens is 442 g/mol. The van der Waals surface area contributed by atoms with Gasteiger partial charge in [0, 0.05) is 21.3 Å². The first-order chi connectivity index (χ1) is 15.9. The number of thiophene rings is 1. The SMILES string of the molecule is Cc1ccc(C(=O)c2sc3cc(O)ccc3c2Oc2ccc(NC(=O)OC=O)cc2)c(C)c1. The van der Waals surface area contributed by atoms with E-state index in [1.54, 1.807) is 48.5 Å². The first kappa shape index (κ1) is 22.0. The number of benzene rings is 3. The number of fused-ring (bicyclic) bond motifs is 1. The molecule has 0 saturated heterocycles. The van der Waals surface area contributed by atoms with Crippen LogP contribution in [0.1, 0.15) is 26.4 Å². The van der Waals surface area contributed by atoms with Gasteiger partial charge in [-0.25, -0.2) is 4.79 Å². The number of aryl methyl sites for hydroxylation is 2. The largest absolute Gasteiger partial charge is 0.508 e. The predicted octanol–water partition coefficient (Wildman–Crippen LogP) is 5.95. The number of ketones is 1. The Kier molecular flexibility index (Phi) is 6.10. The van der Waals surface area contributed by atoms with Crippen LogP contribution in [-0.4, -0.2) is 23.5 Å². The van der Waals surface area contributed by atoms with Gasteiger partial charge in [0.2, 0.25) is 5.78 Å². The van der Waals surface area contributed by atoms with Crippen molar-refractivity contribution in [3.8, 4) is 17.2 Å². The lowest BCUT2D eigenvalue weighted by Gasteiger charge is -2.10. The molecule has 4 aromatic rings. The molecule has 4 rings (SSSR count). The third-order valence-electron chi connectivity index (χ3n) is 4.94. The number of carbonyl (C=O) groups excluding carboxylic acids is 3. The van der Waals surface area contributed by atoms with Crippen LogP contribution in [0.25, 0.3) is 10.1 Å². The predicted molar refractivity (Wildman–Crippen MR) is 126 cm³/mol. The standard InChI is InChI=1S/C25H19NO6S/c1-14-3-9-19(15(2)11-14)22(29)24-23(20-10-6-17(28)12-21(20)33-24)32-18-7-4-16(5-8-18)26-25(30)31-13-27/h3-13,28H,1-2H3,(H,26,30). The Morgan fingerprint density at radius 2 is 1.76 bits per heavy atom. The van der Waals surface area contributed by atoms with Crippen molar-refractivity contribution in [1.82, 2.24) is 0 Å². The summed E-state index contributed by atoms with van der Waals surface area (Å²) in [4.78, 5) is 35.5. The number of carbonyl (C=O) groups is 3. The van der Waals surface area contributed by atoms with E-state index in [9.17, 15) is 19.5 Å². The van der Waals surface area contributed by atoms with Crippen molar-refractivity contribution in [3.63, 3.8) is 0 Å². The molecule has 0 saturated carbocycles. The summed E-state index contributed by atoms with van der Waals surface area (Å²) in [6.07, 6.45) is -0.899. The molecule has 33 heavy (non-hydrogen) atoms. The highest BCUT2D eigenvalue weighted by molar-refractivity contribution is 7.21. The van der Waals surface area contributed by atoms with Crippen LogP contribution in [0.3, 0.4) is 0 Å². The van der Waals surface area contributed by atoms with Crippen LogP contribution in [0, 0.1) is 13.8 Å². The smallest absolute Gasteiger partial charge is 0.419 e. The van der Waals surface area contributed by atoms with E-state index in [2.05, 4.69) is 10.1 Å². The number of phenols is 1. The summed E-state index contributed by atoms with van der Waals surface area (Å²) in [6, 6.07) is 16.9. The lowest BCUT2D eigenvalue weighted by Crippen LogP contribution is -2.12. The van der Waals surface area contributed by atoms with Gasteiger partial charge < -0.3 is 14.6 Å². The molecular formula is C25H19NO6S. The van der Waals surface area contributed by atoms with E-state index in [1.165, 1.54) is 11.3 Å². The maximum Gasteiger partial charge on any atom is 0.419 e. The molecule has 0 unspecified atom stereocenters. The zero-order valence-electron chi connectivity index (χ0n) is 17.7. The second kappa shape index (κ2) is 9.13. The number of anilines is 1.